The first-order valence-electron chi connectivity index (χ1n) is 5.97. The van der Waals surface area contributed by atoms with Gasteiger partial charge in [0.25, 0.3) is 0 Å². The van der Waals surface area contributed by atoms with Gasteiger partial charge in [-0.05, 0) is 31.2 Å². The standard InChI is InChI=1S/C14H16F2O/c1-10(17)12-4-2-3-5-13(12)11-6-8-14(15,16)9-7-11/h2-5,11H,6-9H2,1H3. The van der Waals surface area contributed by atoms with Gasteiger partial charge in [-0.25, -0.2) is 8.78 Å². The summed E-state index contributed by atoms with van der Waals surface area (Å²) in [5, 5.41) is 0. The molecule has 0 unspecified atom stereocenters. The molecule has 0 saturated heterocycles. The molecule has 92 valence electrons. The number of carbonyl (C=O) groups excluding carboxylic acids is 1. The van der Waals surface area contributed by atoms with E-state index in [-0.39, 0.29) is 24.5 Å². The zero-order valence-corrected chi connectivity index (χ0v) is 9.88. The lowest BCUT2D eigenvalue weighted by Crippen LogP contribution is -2.24. The first-order valence-corrected chi connectivity index (χ1v) is 5.97. The van der Waals surface area contributed by atoms with Crippen LogP contribution in [0.2, 0.25) is 0 Å². The van der Waals surface area contributed by atoms with Crippen LogP contribution in [0.15, 0.2) is 24.3 Å². The maximum Gasteiger partial charge on any atom is 0.248 e. The van der Waals surface area contributed by atoms with Gasteiger partial charge >= 0.3 is 0 Å². The van der Waals surface area contributed by atoms with Crippen molar-refractivity contribution in [3.63, 3.8) is 0 Å². The molecule has 1 aliphatic carbocycles. The maximum absolute atomic E-state index is 13.1. The Kier molecular flexibility index (Phi) is 3.27. The van der Waals surface area contributed by atoms with Gasteiger partial charge in [0, 0.05) is 18.4 Å². The minimum atomic E-state index is -2.51. The van der Waals surface area contributed by atoms with E-state index in [0.717, 1.165) is 5.56 Å². The lowest BCUT2D eigenvalue weighted by Gasteiger charge is -2.29. The second-order valence-electron chi connectivity index (χ2n) is 4.77. The Morgan fingerprint density at radius 1 is 1.24 bits per heavy atom. The van der Waals surface area contributed by atoms with Gasteiger partial charge < -0.3 is 0 Å². The Hall–Kier alpha value is -1.25. The van der Waals surface area contributed by atoms with Crippen LogP contribution in [-0.2, 0) is 0 Å². The van der Waals surface area contributed by atoms with Crippen LogP contribution >= 0.6 is 0 Å². The molecule has 0 bridgehead atoms. The molecule has 0 radical (unpaired) electrons. The van der Waals surface area contributed by atoms with Gasteiger partial charge in [-0.1, -0.05) is 24.3 Å². The van der Waals surface area contributed by atoms with Crippen LogP contribution in [-0.4, -0.2) is 11.7 Å². The maximum atomic E-state index is 13.1. The third kappa shape index (κ3) is 2.71. The fourth-order valence-corrected chi connectivity index (χ4v) is 2.52. The third-order valence-electron chi connectivity index (χ3n) is 3.50. The average molecular weight is 238 g/mol. The minimum Gasteiger partial charge on any atom is -0.295 e. The molecular weight excluding hydrogens is 222 g/mol. The fourth-order valence-electron chi connectivity index (χ4n) is 2.52. The average Bonchev–Trinajstić information content (AvgIpc) is 2.29. The van der Waals surface area contributed by atoms with Gasteiger partial charge in [0.1, 0.15) is 0 Å². The van der Waals surface area contributed by atoms with E-state index in [1.165, 1.54) is 6.92 Å². The van der Waals surface area contributed by atoms with Crippen LogP contribution in [0.1, 0.15) is 54.4 Å². The summed E-state index contributed by atoms with van der Waals surface area (Å²) in [6, 6.07) is 7.36. The van der Waals surface area contributed by atoms with E-state index >= 15 is 0 Å². The van der Waals surface area contributed by atoms with Crippen LogP contribution < -0.4 is 0 Å². The van der Waals surface area contributed by atoms with E-state index in [9.17, 15) is 13.6 Å². The summed E-state index contributed by atoms with van der Waals surface area (Å²) in [6.07, 6.45) is 0.808. The topological polar surface area (TPSA) is 17.1 Å². The molecule has 1 aromatic carbocycles. The second kappa shape index (κ2) is 4.55. The van der Waals surface area contributed by atoms with Crippen molar-refractivity contribution in [2.24, 2.45) is 0 Å². The Morgan fingerprint density at radius 2 is 1.82 bits per heavy atom. The summed E-state index contributed by atoms with van der Waals surface area (Å²) in [5.74, 6) is -2.39. The van der Waals surface area contributed by atoms with Crippen molar-refractivity contribution in [1.29, 1.82) is 0 Å². The second-order valence-corrected chi connectivity index (χ2v) is 4.77. The zero-order chi connectivity index (χ0) is 12.5. The predicted molar refractivity (Wildman–Crippen MR) is 62.6 cm³/mol. The Morgan fingerprint density at radius 3 is 2.41 bits per heavy atom. The first kappa shape index (κ1) is 12.2. The van der Waals surface area contributed by atoms with E-state index < -0.39 is 5.92 Å². The highest BCUT2D eigenvalue weighted by atomic mass is 19.3. The van der Waals surface area contributed by atoms with Crippen molar-refractivity contribution in [2.75, 3.05) is 0 Å². The number of hydrogen-bond donors (Lipinski definition) is 0. The minimum absolute atomic E-state index is 0.0120. The molecule has 1 saturated carbocycles. The van der Waals surface area contributed by atoms with Crippen molar-refractivity contribution < 1.29 is 13.6 Å². The number of rotatable bonds is 2. The van der Waals surface area contributed by atoms with Crippen LogP contribution in [0.4, 0.5) is 8.78 Å². The van der Waals surface area contributed by atoms with Crippen molar-refractivity contribution >= 4 is 5.78 Å². The normalized spacial score (nSPS) is 20.2. The Bertz CT molecular complexity index is 416. The van der Waals surface area contributed by atoms with Crippen LogP contribution in [0.3, 0.4) is 0 Å². The Labute approximate surface area is 99.8 Å². The van der Waals surface area contributed by atoms with Gasteiger partial charge in [0.05, 0.1) is 0 Å². The van der Waals surface area contributed by atoms with E-state index in [4.69, 9.17) is 0 Å². The summed E-state index contributed by atoms with van der Waals surface area (Å²) in [6.45, 7) is 1.52. The molecule has 0 spiro atoms. The molecule has 1 nitrogen and oxygen atoms in total. The zero-order valence-electron chi connectivity index (χ0n) is 9.88. The SMILES string of the molecule is CC(=O)c1ccccc1C1CCC(F)(F)CC1. The molecule has 0 atom stereocenters. The largest absolute Gasteiger partial charge is 0.295 e. The summed E-state index contributed by atoms with van der Waals surface area (Å²) < 4.78 is 26.2. The smallest absolute Gasteiger partial charge is 0.248 e. The molecular formula is C14H16F2O. The van der Waals surface area contributed by atoms with Gasteiger partial charge in [-0.3, -0.25) is 4.79 Å². The van der Waals surface area contributed by atoms with Crippen molar-refractivity contribution in [3.05, 3.63) is 35.4 Å². The lowest BCUT2D eigenvalue weighted by atomic mass is 9.80. The van der Waals surface area contributed by atoms with E-state index in [1.807, 2.05) is 18.2 Å². The Balaban J connectivity index is 2.21. The van der Waals surface area contributed by atoms with E-state index in [2.05, 4.69) is 0 Å². The fraction of sp³-hybridized carbons (Fsp3) is 0.500. The number of carbonyl (C=O) groups is 1. The quantitative estimate of drug-likeness (QED) is 0.706. The molecule has 3 heteroatoms. The summed E-state index contributed by atoms with van der Waals surface area (Å²) in [4.78, 5) is 11.5. The molecule has 0 aliphatic heterocycles. The molecule has 2 rings (SSSR count). The van der Waals surface area contributed by atoms with Gasteiger partial charge in [-0.2, -0.15) is 0 Å². The number of halogens is 2. The molecule has 17 heavy (non-hydrogen) atoms. The molecule has 0 amide bonds. The third-order valence-corrected chi connectivity index (χ3v) is 3.50. The molecule has 1 fully saturated rings. The van der Waals surface area contributed by atoms with E-state index in [1.54, 1.807) is 6.07 Å². The molecule has 1 aromatic rings. The lowest BCUT2D eigenvalue weighted by molar-refractivity contribution is -0.0382. The number of benzene rings is 1. The number of ketones is 1. The highest BCUT2D eigenvalue weighted by molar-refractivity contribution is 5.95. The van der Waals surface area contributed by atoms with E-state index in [0.29, 0.717) is 18.4 Å². The van der Waals surface area contributed by atoms with Crippen LogP contribution in [0.5, 0.6) is 0 Å². The van der Waals surface area contributed by atoms with Gasteiger partial charge in [0.2, 0.25) is 5.92 Å². The highest BCUT2D eigenvalue weighted by Gasteiger charge is 2.35. The first-order chi connectivity index (χ1) is 7.99. The monoisotopic (exact) mass is 238 g/mol. The summed E-state index contributed by atoms with van der Waals surface area (Å²) >= 11 is 0. The van der Waals surface area contributed by atoms with Crippen molar-refractivity contribution in [1.82, 2.24) is 0 Å². The number of alkyl halides is 2. The molecule has 0 heterocycles. The van der Waals surface area contributed by atoms with Gasteiger partial charge in [0.15, 0.2) is 5.78 Å². The van der Waals surface area contributed by atoms with Crippen LogP contribution in [0.25, 0.3) is 0 Å². The molecule has 0 aromatic heterocycles. The van der Waals surface area contributed by atoms with Crippen molar-refractivity contribution in [3.8, 4) is 0 Å². The highest BCUT2D eigenvalue weighted by Crippen LogP contribution is 2.41. The van der Waals surface area contributed by atoms with Gasteiger partial charge in [-0.15, -0.1) is 0 Å². The van der Waals surface area contributed by atoms with Crippen LogP contribution in [0, 0.1) is 0 Å². The molecule has 0 N–H and O–H groups in total. The summed E-state index contributed by atoms with van der Waals surface area (Å²) in [7, 11) is 0. The molecule has 1 aliphatic rings. The summed E-state index contributed by atoms with van der Waals surface area (Å²) in [5.41, 5.74) is 1.62. The number of Topliss-reactive ketones (excluding diaryl/α,β-unsaturated/α-hetero) is 1. The predicted octanol–water partition coefficient (Wildman–Crippen LogP) is 4.18. The number of hydrogen-bond acceptors (Lipinski definition) is 1. The van der Waals surface area contributed by atoms with Crippen molar-refractivity contribution in [2.45, 2.75) is 44.4 Å².